The summed E-state index contributed by atoms with van der Waals surface area (Å²) >= 11 is 12.0. The van der Waals surface area contributed by atoms with Crippen LogP contribution in [0.1, 0.15) is 15.9 Å². The Balaban J connectivity index is 1.95. The highest BCUT2D eigenvalue weighted by atomic mass is 35.5. The van der Waals surface area contributed by atoms with Crippen LogP contribution in [0.3, 0.4) is 0 Å². The molecule has 1 aliphatic rings. The van der Waals surface area contributed by atoms with E-state index in [-0.39, 0.29) is 27.4 Å². The standard InChI is InChI=1S/C15H10Cl2N2O4/c16-12-5-9(19(21)22)6-13(17)14(12)23-10-2-1-8-3-4-18-15(20)11(8)7-10/h1-2,5-7H,3-4H2,(H,18,20). The number of nitro benzene ring substituents is 1. The summed E-state index contributed by atoms with van der Waals surface area (Å²) in [4.78, 5) is 22.0. The van der Waals surface area contributed by atoms with E-state index in [0.717, 1.165) is 24.1 Å². The van der Waals surface area contributed by atoms with Gasteiger partial charge in [0.1, 0.15) is 5.75 Å². The number of carbonyl (C=O) groups excluding carboxylic acids is 1. The van der Waals surface area contributed by atoms with Crippen molar-refractivity contribution in [3.8, 4) is 11.5 Å². The molecular formula is C15H10Cl2N2O4. The Bertz CT molecular complexity index is 800. The van der Waals surface area contributed by atoms with E-state index in [9.17, 15) is 14.9 Å². The Hall–Kier alpha value is -2.31. The normalized spacial score (nSPS) is 13.2. The number of hydrogen-bond acceptors (Lipinski definition) is 4. The first-order chi connectivity index (χ1) is 11.0. The third-order valence-corrected chi connectivity index (χ3v) is 3.98. The summed E-state index contributed by atoms with van der Waals surface area (Å²) in [6.07, 6.45) is 0.750. The average Bonchev–Trinajstić information content (AvgIpc) is 2.51. The van der Waals surface area contributed by atoms with Gasteiger partial charge in [0.15, 0.2) is 5.75 Å². The van der Waals surface area contributed by atoms with E-state index in [1.165, 1.54) is 0 Å². The van der Waals surface area contributed by atoms with Crippen LogP contribution in [0.15, 0.2) is 30.3 Å². The molecule has 1 aliphatic heterocycles. The van der Waals surface area contributed by atoms with E-state index in [2.05, 4.69) is 5.32 Å². The molecule has 0 radical (unpaired) electrons. The first kappa shape index (κ1) is 15.6. The van der Waals surface area contributed by atoms with Gasteiger partial charge in [-0.2, -0.15) is 0 Å². The maximum atomic E-state index is 11.8. The molecule has 8 heteroatoms. The quantitative estimate of drug-likeness (QED) is 0.668. The highest BCUT2D eigenvalue weighted by Crippen LogP contribution is 2.39. The van der Waals surface area contributed by atoms with Crippen LogP contribution in [-0.2, 0) is 6.42 Å². The second-order valence-corrected chi connectivity index (χ2v) is 5.74. The second-order valence-electron chi connectivity index (χ2n) is 4.92. The molecule has 1 heterocycles. The molecule has 118 valence electrons. The number of amides is 1. The lowest BCUT2D eigenvalue weighted by Crippen LogP contribution is -2.31. The molecule has 0 unspecified atom stereocenters. The van der Waals surface area contributed by atoms with Crippen molar-refractivity contribution in [2.24, 2.45) is 0 Å². The number of nitrogens with one attached hydrogen (secondary N) is 1. The molecule has 23 heavy (non-hydrogen) atoms. The Kier molecular flexibility index (Phi) is 4.11. The van der Waals surface area contributed by atoms with Gasteiger partial charge in [-0.1, -0.05) is 29.3 Å². The molecule has 2 aromatic rings. The summed E-state index contributed by atoms with van der Waals surface area (Å²) < 4.78 is 5.62. The van der Waals surface area contributed by atoms with E-state index >= 15 is 0 Å². The van der Waals surface area contributed by atoms with Crippen molar-refractivity contribution in [3.63, 3.8) is 0 Å². The smallest absolute Gasteiger partial charge is 0.272 e. The molecule has 3 rings (SSSR count). The lowest BCUT2D eigenvalue weighted by atomic mass is 10.0. The van der Waals surface area contributed by atoms with Gasteiger partial charge in [0.2, 0.25) is 0 Å². The minimum Gasteiger partial charge on any atom is -0.454 e. The maximum absolute atomic E-state index is 11.8. The summed E-state index contributed by atoms with van der Waals surface area (Å²) in [6, 6.07) is 7.42. The van der Waals surface area contributed by atoms with Crippen molar-refractivity contribution >= 4 is 34.8 Å². The predicted molar refractivity (Wildman–Crippen MR) is 85.7 cm³/mol. The van der Waals surface area contributed by atoms with Crippen LogP contribution < -0.4 is 10.1 Å². The molecule has 1 amide bonds. The first-order valence-corrected chi connectivity index (χ1v) is 7.43. The predicted octanol–water partition coefficient (Wildman–Crippen LogP) is 3.98. The Morgan fingerprint density at radius 1 is 1.17 bits per heavy atom. The molecule has 0 bridgehead atoms. The summed E-state index contributed by atoms with van der Waals surface area (Å²) in [7, 11) is 0. The molecule has 0 aromatic heterocycles. The number of ether oxygens (including phenoxy) is 1. The van der Waals surface area contributed by atoms with Crippen LogP contribution >= 0.6 is 23.2 Å². The highest BCUT2D eigenvalue weighted by Gasteiger charge is 2.19. The number of hydrogen-bond donors (Lipinski definition) is 1. The summed E-state index contributed by atoms with van der Waals surface area (Å²) in [5.41, 5.74) is 1.24. The first-order valence-electron chi connectivity index (χ1n) is 6.68. The van der Waals surface area contributed by atoms with Gasteiger partial charge in [-0.3, -0.25) is 14.9 Å². The van der Waals surface area contributed by atoms with Crippen LogP contribution in [0.5, 0.6) is 11.5 Å². The highest BCUT2D eigenvalue weighted by molar-refractivity contribution is 6.37. The van der Waals surface area contributed by atoms with Crippen molar-refractivity contribution in [1.82, 2.24) is 5.32 Å². The van der Waals surface area contributed by atoms with Gasteiger partial charge < -0.3 is 10.1 Å². The molecule has 0 atom stereocenters. The Morgan fingerprint density at radius 3 is 2.52 bits per heavy atom. The third kappa shape index (κ3) is 3.09. The lowest BCUT2D eigenvalue weighted by Gasteiger charge is -2.17. The third-order valence-electron chi connectivity index (χ3n) is 3.42. The van der Waals surface area contributed by atoms with Gasteiger partial charge in [0.25, 0.3) is 11.6 Å². The molecule has 0 spiro atoms. The number of benzene rings is 2. The van der Waals surface area contributed by atoms with Gasteiger partial charge >= 0.3 is 0 Å². The van der Waals surface area contributed by atoms with Gasteiger partial charge in [-0.15, -0.1) is 0 Å². The largest absolute Gasteiger partial charge is 0.454 e. The van der Waals surface area contributed by atoms with Crippen LogP contribution in [0.2, 0.25) is 10.0 Å². The monoisotopic (exact) mass is 352 g/mol. The number of carbonyl (C=O) groups is 1. The van der Waals surface area contributed by atoms with E-state index in [1.807, 2.05) is 0 Å². The Labute approximate surface area is 141 Å². The van der Waals surface area contributed by atoms with Crippen molar-refractivity contribution in [3.05, 3.63) is 61.6 Å². The summed E-state index contributed by atoms with van der Waals surface area (Å²) in [5, 5.41) is 13.6. The minimum atomic E-state index is -0.592. The molecular weight excluding hydrogens is 343 g/mol. The van der Waals surface area contributed by atoms with E-state index in [0.29, 0.717) is 17.9 Å². The SMILES string of the molecule is O=C1NCCc2ccc(Oc3c(Cl)cc([N+](=O)[O-])cc3Cl)cc21. The fraction of sp³-hybridized carbons (Fsp3) is 0.133. The zero-order chi connectivity index (χ0) is 16.6. The number of nitrogens with zero attached hydrogens (tertiary/aromatic N) is 1. The molecule has 0 aliphatic carbocycles. The van der Waals surface area contributed by atoms with Gasteiger partial charge in [-0.05, 0) is 24.1 Å². The van der Waals surface area contributed by atoms with Crippen LogP contribution in [0.4, 0.5) is 5.69 Å². The maximum Gasteiger partial charge on any atom is 0.272 e. The summed E-state index contributed by atoms with van der Waals surface area (Å²) in [6.45, 7) is 0.603. The molecule has 0 fully saturated rings. The fourth-order valence-corrected chi connectivity index (χ4v) is 2.87. The van der Waals surface area contributed by atoms with Gasteiger partial charge in [0.05, 0.1) is 15.0 Å². The Morgan fingerprint density at radius 2 is 1.87 bits per heavy atom. The second kappa shape index (κ2) is 6.06. The van der Waals surface area contributed by atoms with E-state index in [1.54, 1.807) is 18.2 Å². The van der Waals surface area contributed by atoms with Crippen LogP contribution in [0, 0.1) is 10.1 Å². The van der Waals surface area contributed by atoms with Crippen molar-refractivity contribution < 1.29 is 14.5 Å². The van der Waals surface area contributed by atoms with E-state index in [4.69, 9.17) is 27.9 Å². The number of non-ortho nitro benzene ring substituents is 1. The van der Waals surface area contributed by atoms with Crippen molar-refractivity contribution in [2.45, 2.75) is 6.42 Å². The number of nitro groups is 1. The molecule has 6 nitrogen and oxygen atoms in total. The minimum absolute atomic E-state index is 0.0198. The number of fused-ring (bicyclic) bond motifs is 1. The van der Waals surface area contributed by atoms with Crippen LogP contribution in [0.25, 0.3) is 0 Å². The van der Waals surface area contributed by atoms with Crippen molar-refractivity contribution in [2.75, 3.05) is 6.54 Å². The fourth-order valence-electron chi connectivity index (χ4n) is 2.32. The molecule has 0 saturated carbocycles. The zero-order valence-corrected chi connectivity index (χ0v) is 13.1. The molecule has 0 saturated heterocycles. The number of rotatable bonds is 3. The summed E-state index contributed by atoms with van der Waals surface area (Å²) in [5.74, 6) is 0.311. The van der Waals surface area contributed by atoms with Gasteiger partial charge in [-0.25, -0.2) is 0 Å². The van der Waals surface area contributed by atoms with Crippen LogP contribution in [-0.4, -0.2) is 17.4 Å². The molecule has 2 aromatic carbocycles. The van der Waals surface area contributed by atoms with E-state index < -0.39 is 4.92 Å². The lowest BCUT2D eigenvalue weighted by molar-refractivity contribution is -0.384. The number of halogens is 2. The average molecular weight is 353 g/mol. The topological polar surface area (TPSA) is 81.5 Å². The van der Waals surface area contributed by atoms with Crippen molar-refractivity contribution in [1.29, 1.82) is 0 Å². The zero-order valence-electron chi connectivity index (χ0n) is 11.6. The van der Waals surface area contributed by atoms with Gasteiger partial charge in [0, 0.05) is 24.2 Å². The molecule has 1 N–H and O–H groups in total.